The van der Waals surface area contributed by atoms with Crippen molar-refractivity contribution in [1.82, 2.24) is 9.97 Å². The third-order valence-electron chi connectivity index (χ3n) is 5.48. The fourth-order valence-electron chi connectivity index (χ4n) is 3.82. The van der Waals surface area contributed by atoms with Gasteiger partial charge in [0.15, 0.2) is 6.61 Å². The number of thiophene rings is 1. The first-order valence-electron chi connectivity index (χ1n) is 11.0. The van der Waals surface area contributed by atoms with Gasteiger partial charge in [-0.3, -0.25) is 4.79 Å². The molecule has 0 atom stereocenters. The first-order chi connectivity index (χ1) is 16.0. The highest BCUT2D eigenvalue weighted by atomic mass is 32.1. The molecule has 0 spiro atoms. The fraction of sp³-hybridized carbons (Fsp3) is 0.269. The van der Waals surface area contributed by atoms with Crippen LogP contribution < -0.4 is 15.0 Å². The van der Waals surface area contributed by atoms with E-state index in [1.807, 2.05) is 24.3 Å². The van der Waals surface area contributed by atoms with Crippen LogP contribution in [0, 0.1) is 6.92 Å². The van der Waals surface area contributed by atoms with Crippen LogP contribution in [0.5, 0.6) is 5.88 Å². The molecule has 0 radical (unpaired) electrons. The van der Waals surface area contributed by atoms with E-state index in [0.717, 1.165) is 39.3 Å². The maximum atomic E-state index is 12.5. The lowest BCUT2D eigenvalue weighted by Crippen LogP contribution is -2.30. The Balaban J connectivity index is 1.46. The number of amides is 1. The number of benzene rings is 2. The van der Waals surface area contributed by atoms with Crippen molar-refractivity contribution in [2.24, 2.45) is 0 Å². The van der Waals surface area contributed by atoms with E-state index in [1.54, 1.807) is 0 Å². The largest absolute Gasteiger partial charge is 0.467 e. The summed E-state index contributed by atoms with van der Waals surface area (Å²) in [7, 11) is 0. The van der Waals surface area contributed by atoms with Crippen molar-refractivity contribution in [2.45, 2.75) is 33.7 Å². The standard InChI is InChI=1S/C26H28N4O2S/c1-5-30(17(2)3)21-12-10-20(11-13-21)29-23(31)14-32-25-24-22(15-33-26(24)28-16-27-25)19-8-6-18(4)7-9-19/h6-13,15-17H,5,14H2,1-4H3,(H,29,31). The highest BCUT2D eigenvalue weighted by molar-refractivity contribution is 7.17. The minimum absolute atomic E-state index is 0.135. The minimum atomic E-state index is -0.238. The van der Waals surface area contributed by atoms with Gasteiger partial charge in [0.2, 0.25) is 5.88 Å². The van der Waals surface area contributed by atoms with Crippen molar-refractivity contribution in [3.05, 3.63) is 65.8 Å². The predicted molar refractivity (Wildman–Crippen MR) is 136 cm³/mol. The maximum absolute atomic E-state index is 12.5. The summed E-state index contributed by atoms with van der Waals surface area (Å²) in [5.41, 5.74) is 5.13. The number of nitrogens with one attached hydrogen (secondary N) is 1. The summed E-state index contributed by atoms with van der Waals surface area (Å²) in [6, 6.07) is 16.6. The highest BCUT2D eigenvalue weighted by Crippen LogP contribution is 2.37. The zero-order valence-electron chi connectivity index (χ0n) is 19.3. The van der Waals surface area contributed by atoms with E-state index in [4.69, 9.17) is 4.74 Å². The molecular weight excluding hydrogens is 432 g/mol. The molecule has 170 valence electrons. The summed E-state index contributed by atoms with van der Waals surface area (Å²) in [6.45, 7) is 9.32. The molecular formula is C26H28N4O2S. The van der Waals surface area contributed by atoms with Crippen LogP contribution in [0.3, 0.4) is 0 Å². The van der Waals surface area contributed by atoms with Gasteiger partial charge in [0.05, 0.1) is 5.39 Å². The Morgan fingerprint density at radius 1 is 1.09 bits per heavy atom. The van der Waals surface area contributed by atoms with Crippen LogP contribution in [0.4, 0.5) is 11.4 Å². The molecule has 0 aliphatic rings. The van der Waals surface area contributed by atoms with Gasteiger partial charge >= 0.3 is 0 Å². The van der Waals surface area contributed by atoms with Crippen LogP contribution in [-0.2, 0) is 4.79 Å². The van der Waals surface area contributed by atoms with E-state index >= 15 is 0 Å². The normalized spacial score (nSPS) is 11.1. The van der Waals surface area contributed by atoms with Gasteiger partial charge < -0.3 is 15.0 Å². The molecule has 2 heterocycles. The molecule has 1 N–H and O–H groups in total. The molecule has 2 aromatic heterocycles. The van der Waals surface area contributed by atoms with E-state index in [1.165, 1.54) is 23.2 Å². The van der Waals surface area contributed by atoms with Crippen LogP contribution in [-0.4, -0.2) is 35.1 Å². The maximum Gasteiger partial charge on any atom is 0.262 e. The number of carbonyl (C=O) groups excluding carboxylic acids is 1. The Hall–Kier alpha value is -3.45. The molecule has 0 saturated carbocycles. The van der Waals surface area contributed by atoms with Crippen LogP contribution in [0.25, 0.3) is 21.3 Å². The predicted octanol–water partition coefficient (Wildman–Crippen LogP) is 5.92. The van der Waals surface area contributed by atoms with Crippen molar-refractivity contribution in [3.8, 4) is 17.0 Å². The molecule has 6 nitrogen and oxygen atoms in total. The average molecular weight is 461 g/mol. The SMILES string of the molecule is CCN(c1ccc(NC(=O)COc2ncnc3scc(-c4ccc(C)cc4)c23)cc1)C(C)C. The first-order valence-corrected chi connectivity index (χ1v) is 11.9. The second kappa shape index (κ2) is 10.0. The van der Waals surface area contributed by atoms with Crippen LogP contribution in [0.2, 0.25) is 0 Å². The van der Waals surface area contributed by atoms with Gasteiger partial charge in [0.25, 0.3) is 5.91 Å². The molecule has 4 aromatic rings. The summed E-state index contributed by atoms with van der Waals surface area (Å²) in [6.07, 6.45) is 1.47. The number of aromatic nitrogens is 2. The van der Waals surface area contributed by atoms with Gasteiger partial charge in [0, 0.05) is 34.9 Å². The van der Waals surface area contributed by atoms with Gasteiger partial charge in [-0.05, 0) is 57.5 Å². The number of ether oxygens (including phenoxy) is 1. The lowest BCUT2D eigenvalue weighted by atomic mass is 10.0. The summed E-state index contributed by atoms with van der Waals surface area (Å²) in [4.78, 5) is 24.3. The van der Waals surface area contributed by atoms with Crippen molar-refractivity contribution < 1.29 is 9.53 Å². The fourth-order valence-corrected chi connectivity index (χ4v) is 4.72. The van der Waals surface area contributed by atoms with E-state index in [-0.39, 0.29) is 12.5 Å². The Labute approximate surface area is 198 Å². The summed E-state index contributed by atoms with van der Waals surface area (Å²) in [5, 5.41) is 5.78. The number of hydrogen-bond acceptors (Lipinski definition) is 6. The number of rotatable bonds is 8. The van der Waals surface area contributed by atoms with Gasteiger partial charge in [-0.15, -0.1) is 11.3 Å². The molecule has 2 aromatic carbocycles. The summed E-state index contributed by atoms with van der Waals surface area (Å²) >= 11 is 1.54. The molecule has 4 rings (SSSR count). The smallest absolute Gasteiger partial charge is 0.262 e. The topological polar surface area (TPSA) is 67.4 Å². The molecule has 0 aliphatic carbocycles. The van der Waals surface area contributed by atoms with Crippen molar-refractivity contribution in [1.29, 1.82) is 0 Å². The Morgan fingerprint density at radius 2 is 1.82 bits per heavy atom. The first kappa shape index (κ1) is 22.7. The summed E-state index contributed by atoms with van der Waals surface area (Å²) < 4.78 is 5.84. The number of carbonyl (C=O) groups is 1. The highest BCUT2D eigenvalue weighted by Gasteiger charge is 2.15. The van der Waals surface area contributed by atoms with Gasteiger partial charge in [-0.2, -0.15) is 0 Å². The van der Waals surface area contributed by atoms with Gasteiger partial charge in [0.1, 0.15) is 11.2 Å². The van der Waals surface area contributed by atoms with Crippen LogP contribution >= 0.6 is 11.3 Å². The van der Waals surface area contributed by atoms with Crippen LogP contribution in [0.15, 0.2) is 60.2 Å². The van der Waals surface area contributed by atoms with E-state index in [9.17, 15) is 4.79 Å². The third-order valence-corrected chi connectivity index (χ3v) is 6.37. The molecule has 0 aliphatic heterocycles. The lowest BCUT2D eigenvalue weighted by Gasteiger charge is -2.27. The number of nitrogens with zero attached hydrogens (tertiary/aromatic N) is 3. The van der Waals surface area contributed by atoms with E-state index < -0.39 is 0 Å². The van der Waals surface area contributed by atoms with Crippen molar-refractivity contribution >= 4 is 38.8 Å². The number of anilines is 2. The second-order valence-electron chi connectivity index (χ2n) is 8.14. The molecule has 1 amide bonds. The van der Waals surface area contributed by atoms with Crippen LogP contribution in [0.1, 0.15) is 26.3 Å². The Morgan fingerprint density at radius 3 is 2.48 bits per heavy atom. The number of hydrogen-bond donors (Lipinski definition) is 1. The average Bonchev–Trinajstić information content (AvgIpc) is 3.24. The molecule has 7 heteroatoms. The quantitative estimate of drug-likeness (QED) is 0.354. The zero-order valence-corrected chi connectivity index (χ0v) is 20.1. The Kier molecular flexibility index (Phi) is 6.89. The molecule has 0 bridgehead atoms. The molecule has 0 saturated heterocycles. The number of fused-ring (bicyclic) bond motifs is 1. The minimum Gasteiger partial charge on any atom is -0.467 e. The van der Waals surface area contributed by atoms with E-state index in [0.29, 0.717) is 11.9 Å². The monoisotopic (exact) mass is 460 g/mol. The summed E-state index contributed by atoms with van der Waals surface area (Å²) in [5.74, 6) is 0.177. The zero-order chi connectivity index (χ0) is 23.4. The lowest BCUT2D eigenvalue weighted by molar-refractivity contribution is -0.118. The third kappa shape index (κ3) is 5.14. The molecule has 33 heavy (non-hydrogen) atoms. The van der Waals surface area contributed by atoms with Gasteiger partial charge in [-0.1, -0.05) is 29.8 Å². The van der Waals surface area contributed by atoms with E-state index in [2.05, 4.69) is 77.5 Å². The Bertz CT molecular complexity index is 1230. The second-order valence-corrected chi connectivity index (χ2v) is 9.00. The van der Waals surface area contributed by atoms with Crippen molar-refractivity contribution in [3.63, 3.8) is 0 Å². The van der Waals surface area contributed by atoms with Gasteiger partial charge in [-0.25, -0.2) is 9.97 Å². The molecule has 0 unspecified atom stereocenters. The van der Waals surface area contributed by atoms with Crippen molar-refractivity contribution in [2.75, 3.05) is 23.4 Å². The molecule has 0 fully saturated rings. The number of aryl methyl sites for hydroxylation is 1.